The van der Waals surface area contributed by atoms with Gasteiger partial charge in [-0.15, -0.1) is 0 Å². The first-order chi connectivity index (χ1) is 9.40. The highest BCUT2D eigenvalue weighted by atomic mass is 19.3. The molecule has 1 aromatic rings. The molecule has 0 bridgehead atoms. The molecule has 1 amide bonds. The van der Waals surface area contributed by atoms with Gasteiger partial charge >= 0.3 is 0 Å². The van der Waals surface area contributed by atoms with Crippen molar-refractivity contribution in [1.82, 2.24) is 5.32 Å². The normalized spacial score (nSPS) is 12.8. The Morgan fingerprint density at radius 3 is 2.40 bits per heavy atom. The number of rotatable bonds is 7. The molecule has 6 heteroatoms. The predicted octanol–water partition coefficient (Wildman–Crippen LogP) is 1.97. The quantitative estimate of drug-likeness (QED) is 0.806. The first-order valence-electron chi connectivity index (χ1n) is 6.35. The molecule has 0 spiro atoms. The number of benzene rings is 1. The second kappa shape index (κ2) is 7.91. The molecule has 0 aliphatic rings. The summed E-state index contributed by atoms with van der Waals surface area (Å²) in [5.41, 5.74) is 1.27. The van der Waals surface area contributed by atoms with Gasteiger partial charge in [0.15, 0.2) is 0 Å². The van der Waals surface area contributed by atoms with E-state index in [4.69, 9.17) is 9.84 Å². The third-order valence-corrected chi connectivity index (χ3v) is 2.56. The molecule has 0 aliphatic heterocycles. The number of ether oxygens (including phenoxy) is 1. The summed E-state index contributed by atoms with van der Waals surface area (Å²) in [6.07, 6.45) is -4.60. The van der Waals surface area contributed by atoms with Crippen molar-refractivity contribution in [3.63, 3.8) is 0 Å². The van der Waals surface area contributed by atoms with Gasteiger partial charge in [-0.25, -0.2) is 8.78 Å². The van der Waals surface area contributed by atoms with Crippen LogP contribution in [0.4, 0.5) is 8.78 Å². The third kappa shape index (κ3) is 5.63. The van der Waals surface area contributed by atoms with Crippen molar-refractivity contribution in [3.05, 3.63) is 35.4 Å². The standard InChI is InChI=1S/C14H19F2NO3/c1-9(2)20-8-10-3-5-11(6-4-10)14(19)17-7-12(18)13(15)16/h3-6,9,12-13,18H,7-8H2,1-2H3,(H,17,19). The van der Waals surface area contributed by atoms with Gasteiger partial charge in [-0.2, -0.15) is 0 Å². The molecule has 0 saturated heterocycles. The fourth-order valence-corrected chi connectivity index (χ4v) is 1.40. The fourth-order valence-electron chi connectivity index (χ4n) is 1.40. The average molecular weight is 287 g/mol. The summed E-state index contributed by atoms with van der Waals surface area (Å²) in [5, 5.41) is 11.2. The number of nitrogens with one attached hydrogen (secondary N) is 1. The Kier molecular flexibility index (Phi) is 6.54. The summed E-state index contributed by atoms with van der Waals surface area (Å²) in [4.78, 5) is 11.7. The highest BCUT2D eigenvalue weighted by Crippen LogP contribution is 2.07. The lowest BCUT2D eigenvalue weighted by Gasteiger charge is -2.11. The van der Waals surface area contributed by atoms with Gasteiger partial charge < -0.3 is 15.2 Å². The van der Waals surface area contributed by atoms with E-state index in [0.29, 0.717) is 12.2 Å². The average Bonchev–Trinajstić information content (AvgIpc) is 2.42. The summed E-state index contributed by atoms with van der Waals surface area (Å²) >= 11 is 0. The number of amides is 1. The van der Waals surface area contributed by atoms with Gasteiger partial charge in [0.05, 0.1) is 12.7 Å². The Bertz CT molecular complexity index is 421. The number of hydrogen-bond donors (Lipinski definition) is 2. The van der Waals surface area contributed by atoms with Crippen LogP contribution in [0.2, 0.25) is 0 Å². The molecular weight excluding hydrogens is 268 g/mol. The topological polar surface area (TPSA) is 58.6 Å². The van der Waals surface area contributed by atoms with E-state index < -0.39 is 25.0 Å². The molecule has 0 fully saturated rings. The zero-order chi connectivity index (χ0) is 15.1. The van der Waals surface area contributed by atoms with Crippen LogP contribution in [0.1, 0.15) is 29.8 Å². The van der Waals surface area contributed by atoms with Crippen LogP contribution in [-0.4, -0.2) is 36.2 Å². The van der Waals surface area contributed by atoms with Crippen LogP contribution in [0, 0.1) is 0 Å². The van der Waals surface area contributed by atoms with Crippen LogP contribution in [0.15, 0.2) is 24.3 Å². The van der Waals surface area contributed by atoms with Crippen molar-refractivity contribution in [2.24, 2.45) is 0 Å². The number of hydrogen-bond acceptors (Lipinski definition) is 3. The second-order valence-electron chi connectivity index (χ2n) is 4.67. The van der Waals surface area contributed by atoms with Gasteiger partial charge in [0.1, 0.15) is 6.10 Å². The maximum atomic E-state index is 12.1. The molecule has 1 rings (SSSR count). The molecule has 0 radical (unpaired) electrons. The van der Waals surface area contributed by atoms with Crippen molar-refractivity contribution in [1.29, 1.82) is 0 Å². The first kappa shape index (κ1) is 16.5. The minimum atomic E-state index is -2.87. The lowest BCUT2D eigenvalue weighted by molar-refractivity contribution is -0.00270. The van der Waals surface area contributed by atoms with E-state index in [-0.39, 0.29) is 6.10 Å². The summed E-state index contributed by atoms with van der Waals surface area (Å²) < 4.78 is 29.6. The van der Waals surface area contributed by atoms with Crippen molar-refractivity contribution in [2.75, 3.05) is 6.54 Å². The smallest absolute Gasteiger partial charge is 0.265 e. The van der Waals surface area contributed by atoms with E-state index in [2.05, 4.69) is 5.32 Å². The molecular formula is C14H19F2NO3. The summed E-state index contributed by atoms with van der Waals surface area (Å²) in [6, 6.07) is 6.65. The molecule has 0 aliphatic carbocycles. The van der Waals surface area contributed by atoms with Crippen LogP contribution < -0.4 is 5.32 Å². The molecule has 2 N–H and O–H groups in total. The number of aliphatic hydroxyl groups is 1. The van der Waals surface area contributed by atoms with Crippen LogP contribution in [0.25, 0.3) is 0 Å². The van der Waals surface area contributed by atoms with Crippen LogP contribution >= 0.6 is 0 Å². The zero-order valence-electron chi connectivity index (χ0n) is 11.5. The maximum absolute atomic E-state index is 12.1. The van der Waals surface area contributed by atoms with Crippen molar-refractivity contribution >= 4 is 5.91 Å². The van der Waals surface area contributed by atoms with Gasteiger partial charge in [-0.1, -0.05) is 12.1 Å². The minimum Gasteiger partial charge on any atom is -0.385 e. The van der Waals surface area contributed by atoms with E-state index in [9.17, 15) is 13.6 Å². The van der Waals surface area contributed by atoms with E-state index in [1.807, 2.05) is 13.8 Å². The molecule has 4 nitrogen and oxygen atoms in total. The second-order valence-corrected chi connectivity index (χ2v) is 4.67. The molecule has 0 aromatic heterocycles. The molecule has 1 aromatic carbocycles. The number of alkyl halides is 2. The van der Waals surface area contributed by atoms with Crippen molar-refractivity contribution in [3.8, 4) is 0 Å². The monoisotopic (exact) mass is 287 g/mol. The number of aliphatic hydroxyl groups excluding tert-OH is 1. The largest absolute Gasteiger partial charge is 0.385 e. The van der Waals surface area contributed by atoms with E-state index >= 15 is 0 Å². The maximum Gasteiger partial charge on any atom is 0.265 e. The molecule has 112 valence electrons. The van der Waals surface area contributed by atoms with Crippen LogP contribution in [0.5, 0.6) is 0 Å². The lowest BCUT2D eigenvalue weighted by atomic mass is 10.1. The number of carbonyl (C=O) groups excluding carboxylic acids is 1. The van der Waals surface area contributed by atoms with Crippen LogP contribution in [-0.2, 0) is 11.3 Å². The number of carbonyl (C=O) groups is 1. The Labute approximate surface area is 116 Å². The predicted molar refractivity (Wildman–Crippen MR) is 70.7 cm³/mol. The van der Waals surface area contributed by atoms with Gasteiger partial charge in [0, 0.05) is 12.1 Å². The molecule has 0 heterocycles. The van der Waals surface area contributed by atoms with Gasteiger partial charge in [-0.3, -0.25) is 4.79 Å². The zero-order valence-corrected chi connectivity index (χ0v) is 11.5. The Hall–Kier alpha value is -1.53. The molecule has 20 heavy (non-hydrogen) atoms. The number of halogens is 2. The van der Waals surface area contributed by atoms with Gasteiger partial charge in [0.2, 0.25) is 0 Å². The van der Waals surface area contributed by atoms with E-state index in [1.165, 1.54) is 0 Å². The van der Waals surface area contributed by atoms with E-state index in [1.54, 1.807) is 24.3 Å². The van der Waals surface area contributed by atoms with Crippen LogP contribution in [0.3, 0.4) is 0 Å². The van der Waals surface area contributed by atoms with Crippen molar-refractivity contribution < 1.29 is 23.4 Å². The summed E-state index contributed by atoms with van der Waals surface area (Å²) in [7, 11) is 0. The summed E-state index contributed by atoms with van der Waals surface area (Å²) in [6.45, 7) is 3.82. The SMILES string of the molecule is CC(C)OCc1ccc(C(=O)NCC(O)C(F)F)cc1. The Morgan fingerprint density at radius 2 is 1.90 bits per heavy atom. The molecule has 0 saturated carbocycles. The molecule has 1 atom stereocenters. The fraction of sp³-hybridized carbons (Fsp3) is 0.500. The van der Waals surface area contributed by atoms with Gasteiger partial charge in [0.25, 0.3) is 12.3 Å². The Morgan fingerprint density at radius 1 is 1.30 bits per heavy atom. The highest BCUT2D eigenvalue weighted by molar-refractivity contribution is 5.94. The van der Waals surface area contributed by atoms with Crippen molar-refractivity contribution in [2.45, 2.75) is 39.1 Å². The summed E-state index contributed by atoms with van der Waals surface area (Å²) in [5.74, 6) is -0.499. The highest BCUT2D eigenvalue weighted by Gasteiger charge is 2.17. The van der Waals surface area contributed by atoms with E-state index in [0.717, 1.165) is 5.56 Å². The third-order valence-electron chi connectivity index (χ3n) is 2.56. The minimum absolute atomic E-state index is 0.119. The molecule has 1 unspecified atom stereocenters. The Balaban J connectivity index is 2.49. The van der Waals surface area contributed by atoms with Gasteiger partial charge in [-0.05, 0) is 31.5 Å². The lowest BCUT2D eigenvalue weighted by Crippen LogP contribution is -2.35. The first-order valence-corrected chi connectivity index (χ1v) is 6.35.